The first-order chi connectivity index (χ1) is 9.29. The third-order valence-corrected chi connectivity index (χ3v) is 5.72. The van der Waals surface area contributed by atoms with Crippen molar-refractivity contribution in [2.24, 2.45) is 0 Å². The number of thiophene rings is 1. The van der Waals surface area contributed by atoms with Crippen LogP contribution in [0.4, 0.5) is 0 Å². The van der Waals surface area contributed by atoms with Crippen molar-refractivity contribution in [2.45, 2.75) is 36.1 Å². The molecule has 1 amide bonds. The molecule has 1 fully saturated rings. The van der Waals surface area contributed by atoms with Crippen LogP contribution in [0.25, 0.3) is 0 Å². The number of amides is 1. The molecule has 2 rings (SSSR count). The first-order valence-electron chi connectivity index (χ1n) is 5.94. The Kier molecular flexibility index (Phi) is 4.11. The van der Waals surface area contributed by atoms with Crippen molar-refractivity contribution >= 4 is 33.2 Å². The summed E-state index contributed by atoms with van der Waals surface area (Å²) in [4.78, 5) is 22.4. The van der Waals surface area contributed by atoms with Crippen LogP contribution in [0.5, 0.6) is 0 Å². The molecule has 1 aliphatic carbocycles. The van der Waals surface area contributed by atoms with Gasteiger partial charge in [0.15, 0.2) is 0 Å². The maximum atomic E-state index is 12.0. The molecule has 0 aromatic carbocycles. The minimum absolute atomic E-state index is 0.0922. The number of carboxylic acid groups (broad SMARTS) is 1. The molecule has 110 valence electrons. The highest BCUT2D eigenvalue weighted by atomic mass is 32.2. The highest BCUT2D eigenvalue weighted by molar-refractivity contribution is 7.91. The Labute approximate surface area is 120 Å². The number of carboxylic acids is 1. The van der Waals surface area contributed by atoms with Crippen LogP contribution in [0.1, 0.15) is 30.1 Å². The second kappa shape index (κ2) is 5.51. The van der Waals surface area contributed by atoms with Crippen molar-refractivity contribution in [1.82, 2.24) is 10.0 Å². The molecule has 1 aromatic rings. The second-order valence-corrected chi connectivity index (χ2v) is 7.44. The number of hydrogen-bond acceptors (Lipinski definition) is 5. The van der Waals surface area contributed by atoms with Gasteiger partial charge in [-0.05, 0) is 25.8 Å². The normalized spacial score (nSPS) is 16.6. The van der Waals surface area contributed by atoms with E-state index in [9.17, 15) is 18.0 Å². The van der Waals surface area contributed by atoms with Crippen LogP contribution in [0.2, 0.25) is 0 Å². The van der Waals surface area contributed by atoms with Gasteiger partial charge in [-0.25, -0.2) is 13.2 Å². The van der Waals surface area contributed by atoms with Crippen LogP contribution >= 0.6 is 11.3 Å². The van der Waals surface area contributed by atoms with Gasteiger partial charge < -0.3 is 10.4 Å². The number of nitrogens with one attached hydrogen (secondary N) is 2. The van der Waals surface area contributed by atoms with Gasteiger partial charge in [0, 0.05) is 11.4 Å². The monoisotopic (exact) mass is 318 g/mol. The van der Waals surface area contributed by atoms with Crippen LogP contribution in [-0.4, -0.2) is 37.5 Å². The predicted molar refractivity (Wildman–Crippen MR) is 72.2 cm³/mol. The summed E-state index contributed by atoms with van der Waals surface area (Å²) < 4.78 is 26.1. The van der Waals surface area contributed by atoms with Gasteiger partial charge in [-0.3, -0.25) is 4.79 Å². The number of rotatable bonds is 6. The molecule has 1 aromatic heterocycles. The second-order valence-electron chi connectivity index (χ2n) is 4.59. The number of carbonyl (C=O) groups is 2. The summed E-state index contributed by atoms with van der Waals surface area (Å²) in [5.41, 5.74) is -0.0922. The van der Waals surface area contributed by atoms with Gasteiger partial charge in [-0.1, -0.05) is 0 Å². The lowest BCUT2D eigenvalue weighted by Gasteiger charge is -2.13. The van der Waals surface area contributed by atoms with E-state index < -0.39 is 22.0 Å². The SMILES string of the molecule is CC(NS(=O)(=O)c1cc(C(=O)O)cs1)C(=O)NC1CC1. The molecule has 9 heteroatoms. The largest absolute Gasteiger partial charge is 0.478 e. The molecule has 0 spiro atoms. The van der Waals surface area contributed by atoms with E-state index in [1.165, 1.54) is 12.3 Å². The van der Waals surface area contributed by atoms with Crippen LogP contribution in [0.15, 0.2) is 15.7 Å². The Hall–Kier alpha value is -1.45. The van der Waals surface area contributed by atoms with Gasteiger partial charge in [0.05, 0.1) is 11.6 Å². The first-order valence-corrected chi connectivity index (χ1v) is 8.30. The smallest absolute Gasteiger partial charge is 0.336 e. The molecule has 0 bridgehead atoms. The van der Waals surface area contributed by atoms with E-state index in [1.54, 1.807) is 0 Å². The molecule has 20 heavy (non-hydrogen) atoms. The fraction of sp³-hybridized carbons (Fsp3) is 0.455. The maximum absolute atomic E-state index is 12.0. The van der Waals surface area contributed by atoms with Gasteiger partial charge >= 0.3 is 5.97 Å². The Bertz CT molecular complexity index is 633. The van der Waals surface area contributed by atoms with Gasteiger partial charge in [0.2, 0.25) is 5.91 Å². The molecule has 1 unspecified atom stereocenters. The number of carbonyl (C=O) groups excluding carboxylic acids is 1. The molecule has 1 saturated carbocycles. The minimum Gasteiger partial charge on any atom is -0.478 e. The molecule has 1 aliphatic rings. The number of hydrogen-bond donors (Lipinski definition) is 3. The van der Waals surface area contributed by atoms with Gasteiger partial charge in [0.25, 0.3) is 10.0 Å². The molecule has 1 atom stereocenters. The quantitative estimate of drug-likeness (QED) is 0.702. The van der Waals surface area contributed by atoms with Crippen LogP contribution < -0.4 is 10.0 Å². The number of sulfonamides is 1. The van der Waals surface area contributed by atoms with Gasteiger partial charge in [0.1, 0.15) is 4.21 Å². The van der Waals surface area contributed by atoms with Gasteiger partial charge in [-0.15, -0.1) is 11.3 Å². The van der Waals surface area contributed by atoms with Gasteiger partial charge in [-0.2, -0.15) is 4.72 Å². The van der Waals surface area contributed by atoms with E-state index in [2.05, 4.69) is 10.0 Å². The van der Waals surface area contributed by atoms with Crippen LogP contribution in [0.3, 0.4) is 0 Å². The molecular formula is C11H14N2O5S2. The molecule has 0 radical (unpaired) electrons. The van der Waals surface area contributed by atoms with Crippen molar-refractivity contribution < 1.29 is 23.1 Å². The average Bonchev–Trinajstić information content (AvgIpc) is 3.00. The van der Waals surface area contributed by atoms with E-state index in [1.807, 2.05) is 0 Å². The summed E-state index contributed by atoms with van der Waals surface area (Å²) in [5, 5.41) is 12.7. The zero-order valence-corrected chi connectivity index (χ0v) is 12.3. The summed E-state index contributed by atoms with van der Waals surface area (Å²) in [7, 11) is -3.89. The zero-order valence-electron chi connectivity index (χ0n) is 10.6. The van der Waals surface area contributed by atoms with E-state index in [0.717, 1.165) is 30.2 Å². The summed E-state index contributed by atoms with van der Waals surface area (Å²) in [6, 6.07) is 0.312. The highest BCUT2D eigenvalue weighted by Gasteiger charge is 2.28. The summed E-state index contributed by atoms with van der Waals surface area (Å²) in [6.07, 6.45) is 1.83. The Morgan fingerprint density at radius 2 is 2.10 bits per heavy atom. The third kappa shape index (κ3) is 3.56. The van der Waals surface area contributed by atoms with E-state index in [-0.39, 0.29) is 21.7 Å². The van der Waals surface area contributed by atoms with Crippen LogP contribution in [-0.2, 0) is 14.8 Å². The predicted octanol–water partition coefficient (Wildman–Crippen LogP) is 0.392. The van der Waals surface area contributed by atoms with E-state index in [4.69, 9.17) is 5.11 Å². The van der Waals surface area contributed by atoms with E-state index >= 15 is 0 Å². The highest BCUT2D eigenvalue weighted by Crippen LogP contribution is 2.21. The summed E-state index contributed by atoms with van der Waals surface area (Å²) in [6.45, 7) is 1.45. The fourth-order valence-corrected chi connectivity index (χ4v) is 3.84. The Balaban J connectivity index is 2.05. The molecule has 7 nitrogen and oxygen atoms in total. The Morgan fingerprint density at radius 3 is 2.60 bits per heavy atom. The van der Waals surface area contributed by atoms with Crippen molar-refractivity contribution in [3.05, 3.63) is 17.0 Å². The third-order valence-electron chi connectivity index (χ3n) is 2.74. The molecule has 3 N–H and O–H groups in total. The Morgan fingerprint density at radius 1 is 1.45 bits per heavy atom. The standard InChI is InChI=1S/C11H14N2O5S2/c1-6(10(14)12-8-2-3-8)13-20(17,18)9-4-7(5-19-9)11(15)16/h4-6,8,13H,2-3H2,1H3,(H,12,14)(H,15,16). The zero-order chi connectivity index (χ0) is 14.9. The molecular weight excluding hydrogens is 304 g/mol. The van der Waals surface area contributed by atoms with Crippen molar-refractivity contribution in [2.75, 3.05) is 0 Å². The molecule has 0 saturated heterocycles. The number of aromatic carboxylic acids is 1. The fourth-order valence-electron chi connectivity index (χ4n) is 1.47. The maximum Gasteiger partial charge on any atom is 0.336 e. The lowest BCUT2D eigenvalue weighted by molar-refractivity contribution is -0.122. The van der Waals surface area contributed by atoms with E-state index in [0.29, 0.717) is 0 Å². The first kappa shape index (κ1) is 14.9. The summed E-state index contributed by atoms with van der Waals surface area (Å²) in [5.74, 6) is -1.58. The van der Waals surface area contributed by atoms with Crippen molar-refractivity contribution in [3.63, 3.8) is 0 Å². The lowest BCUT2D eigenvalue weighted by Crippen LogP contribution is -2.45. The minimum atomic E-state index is -3.89. The van der Waals surface area contributed by atoms with Crippen molar-refractivity contribution in [3.8, 4) is 0 Å². The summed E-state index contributed by atoms with van der Waals surface area (Å²) >= 11 is 0.802. The molecule has 1 heterocycles. The topological polar surface area (TPSA) is 113 Å². The van der Waals surface area contributed by atoms with Crippen molar-refractivity contribution in [1.29, 1.82) is 0 Å². The molecule has 0 aliphatic heterocycles. The average molecular weight is 318 g/mol. The van der Waals surface area contributed by atoms with Crippen LogP contribution in [0, 0.1) is 0 Å². The lowest BCUT2D eigenvalue weighted by atomic mass is 10.3.